The molecule has 29 heavy (non-hydrogen) atoms. The molecule has 0 heterocycles. The first-order chi connectivity index (χ1) is 14.0. The highest BCUT2D eigenvalue weighted by Gasteiger charge is 2.14. The van der Waals surface area contributed by atoms with Crippen molar-refractivity contribution in [3.05, 3.63) is 41.5 Å². The first kappa shape index (κ1) is 22.7. The van der Waals surface area contributed by atoms with Crippen LogP contribution >= 0.6 is 0 Å². The van der Waals surface area contributed by atoms with E-state index in [9.17, 15) is 14.7 Å². The molecule has 0 aliphatic heterocycles. The Balaban J connectivity index is 1.81. The molecule has 0 fully saturated rings. The lowest BCUT2D eigenvalue weighted by molar-refractivity contribution is 0.0684. The molecule has 2 rings (SSSR count). The largest absolute Gasteiger partial charge is 0.493 e. The summed E-state index contributed by atoms with van der Waals surface area (Å²) in [6.45, 7) is 2.71. The monoisotopic (exact) mass is 400 g/mol. The van der Waals surface area contributed by atoms with E-state index in [1.165, 1.54) is 69.6 Å². The lowest BCUT2D eigenvalue weighted by atomic mass is 10.0. The van der Waals surface area contributed by atoms with Gasteiger partial charge in [0.25, 0.3) is 0 Å². The van der Waals surface area contributed by atoms with Crippen molar-refractivity contribution < 1.29 is 24.5 Å². The van der Waals surface area contributed by atoms with Crippen LogP contribution in [0.4, 0.5) is 0 Å². The van der Waals surface area contributed by atoms with Crippen LogP contribution in [0.5, 0.6) is 5.75 Å². The molecule has 0 bridgehead atoms. The molecule has 0 amide bonds. The summed E-state index contributed by atoms with van der Waals surface area (Å²) < 4.78 is 5.76. The second-order valence-corrected chi connectivity index (χ2v) is 7.55. The fourth-order valence-corrected chi connectivity index (χ4v) is 3.47. The summed E-state index contributed by atoms with van der Waals surface area (Å²) in [6.07, 6.45) is 12.3. The van der Waals surface area contributed by atoms with Gasteiger partial charge in [-0.3, -0.25) is 0 Å². The second kappa shape index (κ2) is 12.1. The molecule has 5 nitrogen and oxygen atoms in total. The van der Waals surface area contributed by atoms with Gasteiger partial charge < -0.3 is 14.9 Å². The Morgan fingerprint density at radius 2 is 1.38 bits per heavy atom. The quantitative estimate of drug-likeness (QED) is 0.352. The predicted octanol–water partition coefficient (Wildman–Crippen LogP) is 6.54. The van der Waals surface area contributed by atoms with Gasteiger partial charge >= 0.3 is 11.9 Å². The maximum Gasteiger partial charge on any atom is 0.339 e. The lowest BCUT2D eigenvalue weighted by Crippen LogP contribution is -2.05. The number of aromatic carboxylic acids is 2. The minimum absolute atomic E-state index is 0.0621. The van der Waals surface area contributed by atoms with Gasteiger partial charge in [-0.15, -0.1) is 0 Å². The van der Waals surface area contributed by atoms with Crippen LogP contribution in [-0.2, 0) is 0 Å². The van der Waals surface area contributed by atoms with Gasteiger partial charge in [0, 0.05) is 0 Å². The molecule has 2 N–H and O–H groups in total. The van der Waals surface area contributed by atoms with Gasteiger partial charge in [-0.2, -0.15) is 0 Å². The number of unbranched alkanes of at least 4 members (excludes halogenated alkanes) is 9. The van der Waals surface area contributed by atoms with E-state index in [2.05, 4.69) is 6.92 Å². The highest BCUT2D eigenvalue weighted by molar-refractivity contribution is 6.00. The molecule has 2 aromatic carbocycles. The van der Waals surface area contributed by atoms with Crippen LogP contribution in [0.1, 0.15) is 91.8 Å². The van der Waals surface area contributed by atoms with Gasteiger partial charge in [-0.1, -0.05) is 70.8 Å². The first-order valence-electron chi connectivity index (χ1n) is 10.7. The normalized spacial score (nSPS) is 10.9. The molecular formula is C24H32O5. The van der Waals surface area contributed by atoms with E-state index in [1.807, 2.05) is 0 Å². The van der Waals surface area contributed by atoms with Crippen molar-refractivity contribution in [2.75, 3.05) is 6.61 Å². The smallest absolute Gasteiger partial charge is 0.339 e. The van der Waals surface area contributed by atoms with Crippen molar-refractivity contribution in [3.8, 4) is 5.75 Å². The zero-order valence-electron chi connectivity index (χ0n) is 17.3. The minimum Gasteiger partial charge on any atom is -0.493 e. The molecule has 0 radical (unpaired) electrons. The molecule has 0 aliphatic rings. The molecule has 0 saturated heterocycles. The molecule has 5 heteroatoms. The third-order valence-electron chi connectivity index (χ3n) is 5.17. The highest BCUT2D eigenvalue weighted by Crippen LogP contribution is 2.27. The van der Waals surface area contributed by atoms with Gasteiger partial charge in [0.2, 0.25) is 0 Å². The number of carboxylic acids is 2. The van der Waals surface area contributed by atoms with E-state index in [-0.39, 0.29) is 11.1 Å². The number of hydrogen-bond donors (Lipinski definition) is 2. The molecular weight excluding hydrogens is 368 g/mol. The summed E-state index contributed by atoms with van der Waals surface area (Å²) in [5, 5.41) is 19.9. The summed E-state index contributed by atoms with van der Waals surface area (Å²) in [6, 6.07) is 7.84. The van der Waals surface area contributed by atoms with Crippen LogP contribution in [0.3, 0.4) is 0 Å². The Bertz CT molecular complexity index is 812. The van der Waals surface area contributed by atoms with Crippen molar-refractivity contribution >= 4 is 22.7 Å². The van der Waals surface area contributed by atoms with Crippen molar-refractivity contribution in [1.82, 2.24) is 0 Å². The van der Waals surface area contributed by atoms with E-state index >= 15 is 0 Å². The van der Waals surface area contributed by atoms with Crippen LogP contribution in [0.15, 0.2) is 30.3 Å². The topological polar surface area (TPSA) is 83.8 Å². The van der Waals surface area contributed by atoms with Gasteiger partial charge in [-0.05, 0) is 41.5 Å². The average molecular weight is 401 g/mol. The molecule has 0 unspecified atom stereocenters. The molecule has 158 valence electrons. The van der Waals surface area contributed by atoms with E-state index in [0.29, 0.717) is 17.7 Å². The zero-order valence-corrected chi connectivity index (χ0v) is 17.3. The molecule has 0 saturated carbocycles. The maximum absolute atomic E-state index is 11.6. The number of ether oxygens (including phenoxy) is 1. The van der Waals surface area contributed by atoms with E-state index in [1.54, 1.807) is 12.1 Å². The maximum atomic E-state index is 11.6. The Kier molecular flexibility index (Phi) is 9.48. The van der Waals surface area contributed by atoms with Crippen LogP contribution in [0.2, 0.25) is 0 Å². The summed E-state index contributed by atoms with van der Waals surface area (Å²) >= 11 is 0. The van der Waals surface area contributed by atoms with Crippen LogP contribution in [0, 0.1) is 0 Å². The van der Waals surface area contributed by atoms with E-state index < -0.39 is 11.9 Å². The summed E-state index contributed by atoms with van der Waals surface area (Å²) in [7, 11) is 0. The van der Waals surface area contributed by atoms with Gasteiger partial charge in [0.05, 0.1) is 12.2 Å². The Hall–Kier alpha value is -2.56. The lowest BCUT2D eigenvalue weighted by Gasteiger charge is -2.11. The van der Waals surface area contributed by atoms with Crippen LogP contribution in [-0.4, -0.2) is 28.8 Å². The number of carboxylic acid groups (broad SMARTS) is 2. The third kappa shape index (κ3) is 7.41. The molecule has 2 aromatic rings. The zero-order chi connectivity index (χ0) is 21.1. The number of benzene rings is 2. The molecule has 0 spiro atoms. The predicted molar refractivity (Wildman–Crippen MR) is 115 cm³/mol. The van der Waals surface area contributed by atoms with E-state index in [4.69, 9.17) is 9.84 Å². The van der Waals surface area contributed by atoms with Crippen molar-refractivity contribution in [1.29, 1.82) is 0 Å². The average Bonchev–Trinajstić information content (AvgIpc) is 2.70. The third-order valence-corrected chi connectivity index (χ3v) is 5.17. The Labute approximate surface area is 172 Å². The Morgan fingerprint density at radius 3 is 1.97 bits per heavy atom. The summed E-state index contributed by atoms with van der Waals surface area (Å²) in [5.41, 5.74) is 0.194. The first-order valence-corrected chi connectivity index (χ1v) is 10.7. The number of fused-ring (bicyclic) bond motifs is 1. The number of rotatable bonds is 14. The molecule has 0 aliphatic carbocycles. The van der Waals surface area contributed by atoms with Crippen LogP contribution in [0.25, 0.3) is 10.8 Å². The number of carbonyl (C=O) groups is 2. The summed E-state index contributed by atoms with van der Waals surface area (Å²) in [5.74, 6) is -1.78. The van der Waals surface area contributed by atoms with Gasteiger partial charge in [0.1, 0.15) is 11.3 Å². The van der Waals surface area contributed by atoms with Crippen molar-refractivity contribution in [2.45, 2.75) is 71.1 Å². The van der Waals surface area contributed by atoms with Gasteiger partial charge in [0.15, 0.2) is 0 Å². The SMILES string of the molecule is CCCCCCCCCCCCOc1cc2ccc(C(=O)O)cc2cc1C(=O)O. The summed E-state index contributed by atoms with van der Waals surface area (Å²) in [4.78, 5) is 22.7. The second-order valence-electron chi connectivity index (χ2n) is 7.55. The molecule has 0 aromatic heterocycles. The van der Waals surface area contributed by atoms with Crippen molar-refractivity contribution in [3.63, 3.8) is 0 Å². The number of hydrogen-bond acceptors (Lipinski definition) is 3. The fraction of sp³-hybridized carbons (Fsp3) is 0.500. The minimum atomic E-state index is -1.08. The van der Waals surface area contributed by atoms with Gasteiger partial charge in [-0.25, -0.2) is 9.59 Å². The Morgan fingerprint density at radius 1 is 0.759 bits per heavy atom. The van der Waals surface area contributed by atoms with E-state index in [0.717, 1.165) is 18.2 Å². The fourth-order valence-electron chi connectivity index (χ4n) is 3.47. The molecule has 0 atom stereocenters. The van der Waals surface area contributed by atoms with Crippen molar-refractivity contribution in [2.24, 2.45) is 0 Å². The highest BCUT2D eigenvalue weighted by atomic mass is 16.5. The van der Waals surface area contributed by atoms with Crippen LogP contribution < -0.4 is 4.74 Å². The standard InChI is InChI=1S/C24H32O5/c1-2-3-4-5-6-7-8-9-10-11-14-29-22-17-18-12-13-19(23(25)26)15-20(18)16-21(22)24(27)28/h12-13,15-17H,2-11,14H2,1H3,(H,25,26)(H,27,28).